The maximum Gasteiger partial charge on any atom is 0.500 e. The Hall–Kier alpha value is 0.194. The molecule has 0 aromatic rings. The maximum absolute atomic E-state index is 5.43. The van der Waals surface area contributed by atoms with E-state index < -0.39 is 17.6 Å². The lowest BCUT2D eigenvalue weighted by Gasteiger charge is -2.25. The van der Waals surface area contributed by atoms with Crippen LogP contribution in [0.1, 0.15) is 32.6 Å². The van der Waals surface area contributed by atoms with E-state index >= 15 is 0 Å². The molecule has 0 rings (SSSR count). The highest BCUT2D eigenvalue weighted by Crippen LogP contribution is 2.24. The molecule has 0 saturated carbocycles. The fraction of sp³-hybridized carbons (Fsp3) is 0.929. The summed E-state index contributed by atoms with van der Waals surface area (Å²) in [6.07, 6.45) is 4.11. The fourth-order valence-corrected chi connectivity index (χ4v) is 5.90. The number of rotatable bonds is 14. The first kappa shape index (κ1) is 22.2. The largest absolute Gasteiger partial charge is 0.500 e. The second-order valence-corrected chi connectivity index (χ2v) is 11.4. The van der Waals surface area contributed by atoms with Gasteiger partial charge in [0, 0.05) is 54.7 Å². The van der Waals surface area contributed by atoms with Crippen molar-refractivity contribution in [3.05, 3.63) is 5.92 Å². The van der Waals surface area contributed by atoms with Gasteiger partial charge in [-0.25, -0.2) is 0 Å². The van der Waals surface area contributed by atoms with E-state index in [2.05, 4.69) is 6.92 Å². The highest BCUT2D eigenvalue weighted by molar-refractivity contribution is 6.60. The molecule has 1 radical (unpaired) electrons. The molecule has 0 aliphatic heterocycles. The molecule has 6 nitrogen and oxygen atoms in total. The minimum absolute atomic E-state index is 0.834. The predicted octanol–water partition coefficient (Wildman–Crippen LogP) is 2.90. The molecule has 0 saturated heterocycles. The minimum atomic E-state index is -2.43. The molecule has 0 bridgehead atoms. The zero-order valence-electron chi connectivity index (χ0n) is 15.2. The van der Waals surface area contributed by atoms with Crippen LogP contribution in [0.5, 0.6) is 0 Å². The van der Waals surface area contributed by atoms with Crippen LogP contribution in [-0.4, -0.2) is 60.3 Å². The van der Waals surface area contributed by atoms with Crippen LogP contribution in [0.3, 0.4) is 0 Å². The van der Waals surface area contributed by atoms with E-state index in [4.69, 9.17) is 26.6 Å². The Morgan fingerprint density at radius 3 is 1.09 bits per heavy atom. The zero-order chi connectivity index (χ0) is 17.1. The van der Waals surface area contributed by atoms with Crippen molar-refractivity contribution in [1.29, 1.82) is 0 Å². The maximum atomic E-state index is 5.43. The summed E-state index contributed by atoms with van der Waals surface area (Å²) in [5.41, 5.74) is 0. The van der Waals surface area contributed by atoms with Crippen molar-refractivity contribution in [2.45, 2.75) is 44.7 Å². The lowest BCUT2D eigenvalue weighted by molar-refractivity contribution is 0.123. The van der Waals surface area contributed by atoms with Crippen LogP contribution in [0.25, 0.3) is 0 Å². The van der Waals surface area contributed by atoms with Crippen LogP contribution < -0.4 is 0 Å². The van der Waals surface area contributed by atoms with Crippen molar-refractivity contribution in [1.82, 2.24) is 0 Å². The Morgan fingerprint density at radius 1 is 0.591 bits per heavy atom. The third kappa shape index (κ3) is 7.18. The van der Waals surface area contributed by atoms with Gasteiger partial charge in [-0.05, 0) is 31.6 Å². The van der Waals surface area contributed by atoms with Gasteiger partial charge in [-0.3, -0.25) is 0 Å². The van der Waals surface area contributed by atoms with Gasteiger partial charge < -0.3 is 26.6 Å². The van der Waals surface area contributed by atoms with E-state index in [1.165, 1.54) is 5.92 Å². The minimum Gasteiger partial charge on any atom is -0.377 e. The molecule has 0 amide bonds. The molecular weight excluding hydrogens is 320 g/mol. The summed E-state index contributed by atoms with van der Waals surface area (Å²) in [6.45, 7) is 2.19. The van der Waals surface area contributed by atoms with Crippen molar-refractivity contribution in [2.24, 2.45) is 0 Å². The average Bonchev–Trinajstić information content (AvgIpc) is 2.56. The van der Waals surface area contributed by atoms with Gasteiger partial charge in [0.15, 0.2) is 0 Å². The fourth-order valence-electron chi connectivity index (χ4n) is 2.45. The van der Waals surface area contributed by atoms with Crippen molar-refractivity contribution in [3.63, 3.8) is 0 Å². The molecule has 8 heteroatoms. The summed E-state index contributed by atoms with van der Waals surface area (Å²) >= 11 is 0. The van der Waals surface area contributed by atoms with E-state index in [1.807, 2.05) is 0 Å². The van der Waals surface area contributed by atoms with Crippen molar-refractivity contribution in [2.75, 3.05) is 42.7 Å². The Bertz CT molecular complexity index is 230. The standard InChI is InChI=1S/C14H33O6Si2/c1-14(10-8-12-21(15-2,16-3)17-4)11-9-13-22(18-5,19-6)20-7/h8-13H2,1-7H3. The molecule has 0 aliphatic carbocycles. The molecule has 0 fully saturated rings. The van der Waals surface area contributed by atoms with Crippen LogP contribution in [0.4, 0.5) is 0 Å². The summed E-state index contributed by atoms with van der Waals surface area (Å²) in [5, 5.41) is 0. The second-order valence-electron chi connectivity index (χ2n) is 5.25. The van der Waals surface area contributed by atoms with E-state index in [1.54, 1.807) is 42.7 Å². The van der Waals surface area contributed by atoms with Crippen LogP contribution in [-0.2, 0) is 26.6 Å². The van der Waals surface area contributed by atoms with Crippen LogP contribution in [0, 0.1) is 5.92 Å². The number of hydrogen-bond acceptors (Lipinski definition) is 6. The first-order valence-electron chi connectivity index (χ1n) is 7.59. The summed E-state index contributed by atoms with van der Waals surface area (Å²) in [6, 6.07) is 1.67. The van der Waals surface area contributed by atoms with E-state index in [9.17, 15) is 0 Å². The summed E-state index contributed by atoms with van der Waals surface area (Å²) < 4.78 is 32.6. The first-order valence-corrected chi connectivity index (χ1v) is 11.5. The lowest BCUT2D eigenvalue weighted by atomic mass is 10.0. The van der Waals surface area contributed by atoms with E-state index in [0.29, 0.717) is 0 Å². The van der Waals surface area contributed by atoms with Gasteiger partial charge in [0.05, 0.1) is 0 Å². The van der Waals surface area contributed by atoms with E-state index in [0.717, 1.165) is 37.8 Å². The van der Waals surface area contributed by atoms with Crippen molar-refractivity contribution < 1.29 is 26.6 Å². The zero-order valence-corrected chi connectivity index (χ0v) is 17.2. The molecule has 0 unspecified atom stereocenters. The molecule has 0 aromatic heterocycles. The van der Waals surface area contributed by atoms with Gasteiger partial charge in [0.25, 0.3) is 0 Å². The number of hydrogen-bond donors (Lipinski definition) is 0. The van der Waals surface area contributed by atoms with Crippen LogP contribution in [0.15, 0.2) is 0 Å². The SMILES string of the molecule is CO[Si](CCC[C](C)CCC[Si](OC)(OC)OC)(OC)OC. The summed E-state index contributed by atoms with van der Waals surface area (Å²) in [5.74, 6) is 1.46. The smallest absolute Gasteiger partial charge is 0.377 e. The molecule has 0 atom stereocenters. The molecular formula is C14H33O6Si2. The highest BCUT2D eigenvalue weighted by atomic mass is 28.4. The molecule has 22 heavy (non-hydrogen) atoms. The molecule has 0 heterocycles. The van der Waals surface area contributed by atoms with Crippen LogP contribution in [0.2, 0.25) is 12.1 Å². The van der Waals surface area contributed by atoms with Crippen molar-refractivity contribution >= 4 is 17.6 Å². The molecule has 0 aromatic carbocycles. The predicted molar refractivity (Wildman–Crippen MR) is 90.6 cm³/mol. The third-order valence-electron chi connectivity index (χ3n) is 4.04. The second kappa shape index (κ2) is 11.7. The summed E-state index contributed by atoms with van der Waals surface area (Å²) in [7, 11) is 5.06. The topological polar surface area (TPSA) is 55.4 Å². The Kier molecular flexibility index (Phi) is 11.8. The Labute approximate surface area is 138 Å². The van der Waals surface area contributed by atoms with Crippen LogP contribution >= 0.6 is 0 Å². The van der Waals surface area contributed by atoms with Gasteiger partial charge in [-0.1, -0.05) is 6.92 Å². The highest BCUT2D eigenvalue weighted by Gasteiger charge is 2.38. The lowest BCUT2D eigenvalue weighted by Crippen LogP contribution is -2.42. The third-order valence-corrected chi connectivity index (χ3v) is 9.70. The first-order chi connectivity index (χ1) is 10.5. The van der Waals surface area contributed by atoms with Crippen molar-refractivity contribution in [3.8, 4) is 0 Å². The monoisotopic (exact) mass is 353 g/mol. The van der Waals surface area contributed by atoms with Gasteiger partial charge in [-0.2, -0.15) is 0 Å². The molecule has 0 N–H and O–H groups in total. The van der Waals surface area contributed by atoms with E-state index in [-0.39, 0.29) is 0 Å². The average molecular weight is 354 g/mol. The van der Waals surface area contributed by atoms with Gasteiger partial charge in [0.1, 0.15) is 0 Å². The van der Waals surface area contributed by atoms with Gasteiger partial charge >= 0.3 is 17.6 Å². The molecule has 133 valence electrons. The van der Waals surface area contributed by atoms with Gasteiger partial charge in [-0.15, -0.1) is 0 Å². The summed E-state index contributed by atoms with van der Waals surface area (Å²) in [4.78, 5) is 0. The Morgan fingerprint density at radius 2 is 0.864 bits per heavy atom. The molecule has 0 spiro atoms. The molecule has 0 aliphatic rings. The Balaban J connectivity index is 4.03. The quantitative estimate of drug-likeness (QED) is 0.448. The van der Waals surface area contributed by atoms with Gasteiger partial charge in [0.2, 0.25) is 0 Å². The normalized spacial score (nSPS) is 13.1.